The van der Waals surface area contributed by atoms with E-state index in [4.69, 9.17) is 4.74 Å². The molecule has 2 aromatic rings. The molecule has 25 heavy (non-hydrogen) atoms. The van der Waals surface area contributed by atoms with Crippen molar-refractivity contribution < 1.29 is 4.74 Å². The van der Waals surface area contributed by atoms with Crippen LogP contribution in [0.1, 0.15) is 28.7 Å². The third-order valence-electron chi connectivity index (χ3n) is 5.36. The summed E-state index contributed by atoms with van der Waals surface area (Å²) in [5.74, 6) is 1.38. The van der Waals surface area contributed by atoms with Crippen LogP contribution in [0.5, 0.6) is 5.75 Å². The summed E-state index contributed by atoms with van der Waals surface area (Å²) in [4.78, 5) is 5.11. The number of nitrogens with zero attached hydrogens (tertiary/aromatic N) is 2. The van der Waals surface area contributed by atoms with E-state index in [0.717, 1.165) is 31.9 Å². The van der Waals surface area contributed by atoms with Crippen molar-refractivity contribution in [3.63, 3.8) is 0 Å². The number of ether oxygens (including phenoxy) is 1. The molecule has 0 unspecified atom stereocenters. The van der Waals surface area contributed by atoms with Gasteiger partial charge in [-0.25, -0.2) is 0 Å². The zero-order valence-corrected chi connectivity index (χ0v) is 16.4. The summed E-state index contributed by atoms with van der Waals surface area (Å²) in [6.45, 7) is 4.56. The minimum absolute atomic E-state index is 0. The molecule has 5 heteroatoms. The lowest BCUT2D eigenvalue weighted by Crippen LogP contribution is -2.50. The Hall–Kier alpha value is -1.26. The average Bonchev–Trinajstić information content (AvgIpc) is 2.61. The van der Waals surface area contributed by atoms with E-state index in [9.17, 15) is 0 Å². The van der Waals surface area contributed by atoms with Gasteiger partial charge in [-0.15, -0.1) is 24.8 Å². The summed E-state index contributed by atoms with van der Waals surface area (Å²) in [5, 5.41) is 0. The molecular formula is C20H26Cl2N2O. The van der Waals surface area contributed by atoms with Gasteiger partial charge in [-0.05, 0) is 35.9 Å². The summed E-state index contributed by atoms with van der Waals surface area (Å²) in [6.07, 6.45) is 0. The lowest BCUT2D eigenvalue weighted by atomic mass is 9.80. The van der Waals surface area contributed by atoms with Crippen molar-refractivity contribution in [3.8, 4) is 5.75 Å². The number of rotatable bonds is 2. The van der Waals surface area contributed by atoms with Crippen molar-refractivity contribution >= 4 is 24.8 Å². The molecule has 0 radical (unpaired) electrons. The highest BCUT2D eigenvalue weighted by Gasteiger charge is 2.36. The van der Waals surface area contributed by atoms with Gasteiger partial charge in [0.25, 0.3) is 0 Å². The van der Waals surface area contributed by atoms with E-state index < -0.39 is 0 Å². The lowest BCUT2D eigenvalue weighted by molar-refractivity contribution is 0.0772. The van der Waals surface area contributed by atoms with Gasteiger partial charge in [-0.3, -0.25) is 4.90 Å². The lowest BCUT2D eigenvalue weighted by Gasteiger charge is -2.46. The van der Waals surface area contributed by atoms with Crippen LogP contribution in [0.15, 0.2) is 48.5 Å². The second kappa shape index (κ2) is 8.41. The summed E-state index contributed by atoms with van der Waals surface area (Å²) in [7, 11) is 3.95. The Bertz CT molecular complexity index is 692. The third kappa shape index (κ3) is 3.80. The summed E-state index contributed by atoms with van der Waals surface area (Å²) < 4.78 is 5.31. The number of hydrogen-bond donors (Lipinski definition) is 0. The first-order chi connectivity index (χ1) is 11.3. The molecule has 0 amide bonds. The Kier molecular flexibility index (Phi) is 6.75. The van der Waals surface area contributed by atoms with Gasteiger partial charge in [-0.1, -0.05) is 36.4 Å². The number of benzene rings is 2. The predicted molar refractivity (Wildman–Crippen MR) is 108 cm³/mol. The van der Waals surface area contributed by atoms with Crippen LogP contribution in [0.25, 0.3) is 0 Å². The van der Waals surface area contributed by atoms with Crippen molar-refractivity contribution in [2.75, 3.05) is 40.3 Å². The molecule has 0 spiro atoms. The number of halogens is 2. The summed E-state index contributed by atoms with van der Waals surface area (Å²) in [5.41, 5.74) is 4.39. The molecular weight excluding hydrogens is 355 g/mol. The van der Waals surface area contributed by atoms with Crippen LogP contribution in [0, 0.1) is 0 Å². The number of likely N-dealkylation sites (N-methyl/N-ethyl adjacent to an activating group) is 1. The quantitative estimate of drug-likeness (QED) is 0.783. The molecule has 4 rings (SSSR count). The fourth-order valence-electron chi connectivity index (χ4n) is 4.06. The molecule has 0 bridgehead atoms. The molecule has 2 aliphatic heterocycles. The zero-order valence-electron chi connectivity index (χ0n) is 14.7. The molecule has 2 aliphatic rings. The largest absolute Gasteiger partial charge is 0.497 e. The van der Waals surface area contributed by atoms with Crippen molar-refractivity contribution in [1.82, 2.24) is 9.80 Å². The molecule has 2 atom stereocenters. The molecule has 1 saturated heterocycles. The Morgan fingerprint density at radius 1 is 0.880 bits per heavy atom. The van der Waals surface area contributed by atoms with Crippen molar-refractivity contribution in [2.45, 2.75) is 12.0 Å². The van der Waals surface area contributed by atoms with Crippen molar-refractivity contribution in [3.05, 3.63) is 65.2 Å². The van der Waals surface area contributed by atoms with Gasteiger partial charge in [0.1, 0.15) is 5.75 Å². The van der Waals surface area contributed by atoms with Crippen LogP contribution in [-0.4, -0.2) is 50.1 Å². The van der Waals surface area contributed by atoms with Gasteiger partial charge in [-0.2, -0.15) is 0 Å². The number of piperazine rings is 1. The van der Waals surface area contributed by atoms with Crippen LogP contribution in [0.4, 0.5) is 0 Å². The first kappa shape index (κ1) is 20.1. The third-order valence-corrected chi connectivity index (χ3v) is 5.36. The number of methoxy groups -OCH3 is 1. The molecule has 1 fully saturated rings. The van der Waals surface area contributed by atoms with Gasteiger partial charge in [0, 0.05) is 38.1 Å². The van der Waals surface area contributed by atoms with Crippen LogP contribution >= 0.6 is 24.8 Å². The van der Waals surface area contributed by atoms with Gasteiger partial charge in [0.15, 0.2) is 0 Å². The maximum atomic E-state index is 5.31. The van der Waals surface area contributed by atoms with Crippen LogP contribution < -0.4 is 4.74 Å². The Balaban J connectivity index is 0.00000113. The normalized spacial score (nSPS) is 22.8. The predicted octanol–water partition coefficient (Wildman–Crippen LogP) is 3.97. The van der Waals surface area contributed by atoms with Gasteiger partial charge in [0.2, 0.25) is 0 Å². The highest BCUT2D eigenvalue weighted by Crippen LogP contribution is 2.40. The van der Waals surface area contributed by atoms with Crippen molar-refractivity contribution in [2.24, 2.45) is 0 Å². The van der Waals surface area contributed by atoms with E-state index in [1.165, 1.54) is 16.7 Å². The Labute approximate surface area is 162 Å². The highest BCUT2D eigenvalue weighted by molar-refractivity contribution is 5.85. The molecule has 3 nitrogen and oxygen atoms in total. The minimum atomic E-state index is 0. The van der Waals surface area contributed by atoms with E-state index in [2.05, 4.69) is 65.4 Å². The van der Waals surface area contributed by atoms with Crippen LogP contribution in [0.3, 0.4) is 0 Å². The van der Waals surface area contributed by atoms with Crippen LogP contribution in [-0.2, 0) is 0 Å². The second-order valence-electron chi connectivity index (χ2n) is 6.73. The minimum Gasteiger partial charge on any atom is -0.497 e. The highest BCUT2D eigenvalue weighted by atomic mass is 35.5. The van der Waals surface area contributed by atoms with Crippen molar-refractivity contribution in [1.29, 1.82) is 0 Å². The van der Waals surface area contributed by atoms with E-state index in [1.807, 2.05) is 0 Å². The number of hydrogen-bond acceptors (Lipinski definition) is 3. The Morgan fingerprint density at radius 2 is 1.56 bits per heavy atom. The molecule has 0 N–H and O–H groups in total. The fourth-order valence-corrected chi connectivity index (χ4v) is 4.06. The second-order valence-corrected chi connectivity index (χ2v) is 6.73. The average molecular weight is 381 g/mol. The smallest absolute Gasteiger partial charge is 0.118 e. The Morgan fingerprint density at radius 3 is 2.24 bits per heavy atom. The monoisotopic (exact) mass is 380 g/mol. The first-order valence-electron chi connectivity index (χ1n) is 8.41. The summed E-state index contributed by atoms with van der Waals surface area (Å²) in [6, 6.07) is 18.1. The van der Waals surface area contributed by atoms with Crippen LogP contribution in [0.2, 0.25) is 0 Å². The molecule has 2 heterocycles. The maximum Gasteiger partial charge on any atom is 0.118 e. The van der Waals surface area contributed by atoms with Gasteiger partial charge >= 0.3 is 0 Å². The van der Waals surface area contributed by atoms with E-state index >= 15 is 0 Å². The molecule has 0 aliphatic carbocycles. The topological polar surface area (TPSA) is 15.7 Å². The van der Waals surface area contributed by atoms with Gasteiger partial charge < -0.3 is 9.64 Å². The SMILES string of the molecule is COc1ccc([C@@H]2CN3CCN(C)C[C@@H]3c3ccccc32)cc1.Cl.Cl. The van der Waals surface area contributed by atoms with E-state index in [-0.39, 0.29) is 24.8 Å². The summed E-state index contributed by atoms with van der Waals surface area (Å²) >= 11 is 0. The molecule has 0 saturated carbocycles. The molecule has 136 valence electrons. The first-order valence-corrected chi connectivity index (χ1v) is 8.41. The van der Waals surface area contributed by atoms with E-state index in [1.54, 1.807) is 7.11 Å². The molecule has 2 aromatic carbocycles. The molecule has 0 aromatic heterocycles. The fraction of sp³-hybridized carbons (Fsp3) is 0.400. The maximum absolute atomic E-state index is 5.31. The zero-order chi connectivity index (χ0) is 15.8. The van der Waals surface area contributed by atoms with Gasteiger partial charge in [0.05, 0.1) is 7.11 Å². The number of fused-ring (bicyclic) bond motifs is 3. The van der Waals surface area contributed by atoms with E-state index in [0.29, 0.717) is 12.0 Å². The standard InChI is InChI=1S/C20H24N2O.2ClH/c1-21-11-12-22-13-19(15-7-9-16(23-2)10-8-15)17-5-3-4-6-18(17)20(22)14-21;;/h3-10,19-20H,11-14H2,1-2H3;2*1H/t19-,20+;;/m0../s1.